The first-order valence-corrected chi connectivity index (χ1v) is 5.20. The van der Waals surface area contributed by atoms with E-state index in [4.69, 9.17) is 4.74 Å². The van der Waals surface area contributed by atoms with Gasteiger partial charge in [0.1, 0.15) is 17.1 Å². The van der Waals surface area contributed by atoms with E-state index in [9.17, 15) is 15.0 Å². The van der Waals surface area contributed by atoms with Crippen LogP contribution in [0.5, 0.6) is 11.5 Å². The summed E-state index contributed by atoms with van der Waals surface area (Å²) in [5.41, 5.74) is -0.711. The third-order valence-corrected chi connectivity index (χ3v) is 2.20. The fraction of sp³-hybridized carbons (Fsp3) is 0.417. The molecule has 1 aromatic rings. The molecule has 0 unspecified atom stereocenters. The van der Waals surface area contributed by atoms with Crippen LogP contribution >= 0.6 is 0 Å². The molecule has 0 radical (unpaired) electrons. The Morgan fingerprint density at radius 1 is 1.35 bits per heavy atom. The van der Waals surface area contributed by atoms with Gasteiger partial charge in [0.25, 0.3) is 5.91 Å². The second-order valence-corrected chi connectivity index (χ2v) is 4.44. The lowest BCUT2D eigenvalue weighted by Crippen LogP contribution is -2.46. The van der Waals surface area contributed by atoms with Gasteiger partial charge in [-0.25, -0.2) is 0 Å². The number of rotatable bonds is 4. The van der Waals surface area contributed by atoms with Crippen LogP contribution in [-0.4, -0.2) is 35.4 Å². The summed E-state index contributed by atoms with van der Waals surface area (Å²) >= 11 is 0. The molecule has 0 aromatic heterocycles. The van der Waals surface area contributed by atoms with Crippen molar-refractivity contribution < 1.29 is 19.7 Å². The van der Waals surface area contributed by atoms with Crippen molar-refractivity contribution in [3.8, 4) is 11.5 Å². The standard InChI is InChI=1S/C12H17NO4/c1-12(2,7-17-3)13-11(16)10-8(14)5-4-6-9(10)15/h4-6,14-15H,7H2,1-3H3,(H,13,16). The molecule has 0 spiro atoms. The van der Waals surface area contributed by atoms with E-state index >= 15 is 0 Å². The molecule has 0 aliphatic carbocycles. The van der Waals surface area contributed by atoms with Crippen molar-refractivity contribution in [2.75, 3.05) is 13.7 Å². The van der Waals surface area contributed by atoms with Gasteiger partial charge in [0.15, 0.2) is 0 Å². The predicted molar refractivity (Wildman–Crippen MR) is 63.2 cm³/mol. The first-order chi connectivity index (χ1) is 7.87. The van der Waals surface area contributed by atoms with Gasteiger partial charge in [-0.15, -0.1) is 0 Å². The van der Waals surface area contributed by atoms with Crippen LogP contribution in [-0.2, 0) is 4.74 Å². The molecule has 5 heteroatoms. The lowest BCUT2D eigenvalue weighted by atomic mass is 10.1. The first kappa shape index (κ1) is 13.3. The number of phenols is 2. The molecular formula is C12H17NO4. The van der Waals surface area contributed by atoms with Crippen molar-refractivity contribution in [2.45, 2.75) is 19.4 Å². The number of nitrogens with one attached hydrogen (secondary N) is 1. The molecule has 1 aromatic carbocycles. The minimum absolute atomic E-state index is 0.128. The fourth-order valence-corrected chi connectivity index (χ4v) is 1.53. The van der Waals surface area contributed by atoms with E-state index in [1.165, 1.54) is 25.3 Å². The minimum atomic E-state index is -0.583. The monoisotopic (exact) mass is 239 g/mol. The number of hydrogen-bond donors (Lipinski definition) is 3. The number of phenolic OH excluding ortho intramolecular Hbond substituents is 2. The van der Waals surface area contributed by atoms with E-state index in [0.717, 1.165) is 0 Å². The SMILES string of the molecule is COCC(C)(C)NC(=O)c1c(O)cccc1O. The second kappa shape index (κ2) is 5.05. The minimum Gasteiger partial charge on any atom is -0.507 e. The van der Waals surface area contributed by atoms with Crippen LogP contribution in [0.3, 0.4) is 0 Å². The van der Waals surface area contributed by atoms with Crippen molar-refractivity contribution >= 4 is 5.91 Å². The summed E-state index contributed by atoms with van der Waals surface area (Å²) in [7, 11) is 1.53. The Kier molecular flexibility index (Phi) is 3.96. The summed E-state index contributed by atoms with van der Waals surface area (Å²) in [5.74, 6) is -1.05. The molecule has 1 amide bonds. The van der Waals surface area contributed by atoms with Crippen molar-refractivity contribution in [3.05, 3.63) is 23.8 Å². The van der Waals surface area contributed by atoms with Gasteiger partial charge in [-0.3, -0.25) is 4.79 Å². The summed E-state index contributed by atoms with van der Waals surface area (Å²) in [6.45, 7) is 3.89. The van der Waals surface area contributed by atoms with E-state index in [2.05, 4.69) is 5.32 Å². The molecule has 0 aliphatic rings. The van der Waals surface area contributed by atoms with Crippen molar-refractivity contribution in [2.24, 2.45) is 0 Å². The van der Waals surface area contributed by atoms with E-state index < -0.39 is 11.4 Å². The molecule has 0 saturated heterocycles. The van der Waals surface area contributed by atoms with E-state index in [1.54, 1.807) is 13.8 Å². The Morgan fingerprint density at radius 3 is 2.35 bits per heavy atom. The number of benzene rings is 1. The quantitative estimate of drug-likeness (QED) is 0.739. The summed E-state index contributed by atoms with van der Waals surface area (Å²) in [6.07, 6.45) is 0. The maximum atomic E-state index is 11.9. The maximum Gasteiger partial charge on any atom is 0.259 e. The highest BCUT2D eigenvalue weighted by molar-refractivity contribution is 5.99. The zero-order chi connectivity index (χ0) is 13.1. The van der Waals surface area contributed by atoms with Crippen LogP contribution in [0.25, 0.3) is 0 Å². The molecule has 94 valence electrons. The van der Waals surface area contributed by atoms with Crippen LogP contribution in [0.2, 0.25) is 0 Å². The molecule has 0 bridgehead atoms. The van der Waals surface area contributed by atoms with Gasteiger partial charge in [-0.2, -0.15) is 0 Å². The normalized spacial score (nSPS) is 11.2. The Bertz CT molecular complexity index is 395. The van der Waals surface area contributed by atoms with Gasteiger partial charge in [0.2, 0.25) is 0 Å². The zero-order valence-electron chi connectivity index (χ0n) is 10.2. The third-order valence-electron chi connectivity index (χ3n) is 2.20. The Labute approximate surface area is 100 Å². The van der Waals surface area contributed by atoms with Gasteiger partial charge in [-0.1, -0.05) is 6.07 Å². The Morgan fingerprint density at radius 2 is 1.88 bits per heavy atom. The molecule has 5 nitrogen and oxygen atoms in total. The maximum absolute atomic E-state index is 11.9. The zero-order valence-corrected chi connectivity index (χ0v) is 10.2. The summed E-state index contributed by atoms with van der Waals surface area (Å²) in [5, 5.41) is 21.7. The smallest absolute Gasteiger partial charge is 0.259 e. The van der Waals surface area contributed by atoms with Gasteiger partial charge >= 0.3 is 0 Å². The number of hydrogen-bond acceptors (Lipinski definition) is 4. The first-order valence-electron chi connectivity index (χ1n) is 5.20. The van der Waals surface area contributed by atoms with Crippen LogP contribution in [0, 0.1) is 0 Å². The van der Waals surface area contributed by atoms with Crippen molar-refractivity contribution in [1.29, 1.82) is 0 Å². The average Bonchev–Trinajstić information content (AvgIpc) is 2.15. The summed E-state index contributed by atoms with van der Waals surface area (Å²) < 4.78 is 4.96. The predicted octanol–water partition coefficient (Wildman–Crippen LogP) is 1.25. The average molecular weight is 239 g/mol. The topological polar surface area (TPSA) is 78.8 Å². The molecule has 0 heterocycles. The highest BCUT2D eigenvalue weighted by Gasteiger charge is 2.24. The molecular weight excluding hydrogens is 222 g/mol. The molecule has 0 fully saturated rings. The van der Waals surface area contributed by atoms with Gasteiger partial charge in [0, 0.05) is 7.11 Å². The molecule has 3 N–H and O–H groups in total. The third kappa shape index (κ3) is 3.35. The van der Waals surface area contributed by atoms with Gasteiger partial charge in [0.05, 0.1) is 12.1 Å². The lowest BCUT2D eigenvalue weighted by Gasteiger charge is -2.25. The number of amides is 1. The summed E-state index contributed by atoms with van der Waals surface area (Å²) in [4.78, 5) is 11.9. The number of carbonyl (C=O) groups is 1. The molecule has 0 saturated carbocycles. The van der Waals surface area contributed by atoms with Crippen LogP contribution < -0.4 is 5.32 Å². The number of aromatic hydroxyl groups is 2. The fourth-order valence-electron chi connectivity index (χ4n) is 1.53. The van der Waals surface area contributed by atoms with Crippen molar-refractivity contribution in [1.82, 2.24) is 5.32 Å². The van der Waals surface area contributed by atoms with E-state index in [-0.39, 0.29) is 17.1 Å². The number of ether oxygens (including phenoxy) is 1. The lowest BCUT2D eigenvalue weighted by molar-refractivity contribution is 0.0815. The highest BCUT2D eigenvalue weighted by atomic mass is 16.5. The van der Waals surface area contributed by atoms with Crippen molar-refractivity contribution in [3.63, 3.8) is 0 Å². The van der Waals surface area contributed by atoms with Crippen LogP contribution in [0.1, 0.15) is 24.2 Å². The second-order valence-electron chi connectivity index (χ2n) is 4.44. The number of methoxy groups -OCH3 is 1. The molecule has 0 aliphatic heterocycles. The molecule has 0 atom stereocenters. The van der Waals surface area contributed by atoms with E-state index in [1.807, 2.05) is 0 Å². The Hall–Kier alpha value is -1.75. The van der Waals surface area contributed by atoms with Gasteiger partial charge in [-0.05, 0) is 26.0 Å². The highest BCUT2D eigenvalue weighted by Crippen LogP contribution is 2.26. The molecule has 1 rings (SSSR count). The van der Waals surface area contributed by atoms with Gasteiger partial charge < -0.3 is 20.3 Å². The van der Waals surface area contributed by atoms with Crippen LogP contribution in [0.15, 0.2) is 18.2 Å². The molecule has 17 heavy (non-hydrogen) atoms. The largest absolute Gasteiger partial charge is 0.507 e. The number of carbonyl (C=O) groups excluding carboxylic acids is 1. The summed E-state index contributed by atoms with van der Waals surface area (Å²) in [6, 6.07) is 4.15. The Balaban J connectivity index is 2.91. The van der Waals surface area contributed by atoms with Crippen LogP contribution in [0.4, 0.5) is 0 Å². The van der Waals surface area contributed by atoms with E-state index in [0.29, 0.717) is 6.61 Å².